The number of hydrogen-bond donors (Lipinski definition) is 0. The number of rotatable bonds is 4. The van der Waals surface area contributed by atoms with Gasteiger partial charge in [0.05, 0.1) is 28.9 Å². The van der Waals surface area contributed by atoms with E-state index >= 15 is 0 Å². The van der Waals surface area contributed by atoms with Crippen LogP contribution in [-0.4, -0.2) is 16.0 Å². The molecule has 0 fully saturated rings. The Hall–Kier alpha value is -1.71. The van der Waals surface area contributed by atoms with Crippen LogP contribution in [0.5, 0.6) is 5.75 Å². The second kappa shape index (κ2) is 5.96. The number of nitrogens with zero attached hydrogens (tertiary/aromatic N) is 2. The molecule has 3 nitrogen and oxygen atoms in total. The summed E-state index contributed by atoms with van der Waals surface area (Å²) in [5, 5.41) is 0.649. The van der Waals surface area contributed by atoms with Crippen molar-refractivity contribution < 1.29 is 4.74 Å². The van der Waals surface area contributed by atoms with Crippen LogP contribution in [0.15, 0.2) is 42.6 Å². The number of alkyl halides is 1. The van der Waals surface area contributed by atoms with Crippen LogP contribution >= 0.6 is 23.2 Å². The van der Waals surface area contributed by atoms with Crippen molar-refractivity contribution in [2.75, 3.05) is 6.61 Å². The van der Waals surface area contributed by atoms with E-state index in [-0.39, 0.29) is 0 Å². The molecule has 3 aromatic rings. The molecular weight excluding hydrogens is 307 g/mol. The van der Waals surface area contributed by atoms with Crippen molar-refractivity contribution in [3.05, 3.63) is 53.3 Å². The predicted molar refractivity (Wildman–Crippen MR) is 86.4 cm³/mol. The molecule has 0 aliphatic rings. The first-order valence-corrected chi connectivity index (χ1v) is 7.60. The fourth-order valence-corrected chi connectivity index (χ4v) is 2.77. The van der Waals surface area contributed by atoms with Crippen LogP contribution in [0.3, 0.4) is 0 Å². The van der Waals surface area contributed by atoms with Gasteiger partial charge in [-0.1, -0.05) is 23.7 Å². The minimum Gasteiger partial charge on any atom is -0.493 e. The number of benzene rings is 1. The van der Waals surface area contributed by atoms with Crippen molar-refractivity contribution >= 4 is 28.8 Å². The summed E-state index contributed by atoms with van der Waals surface area (Å²) in [5.41, 5.74) is 3.49. The molecule has 0 aliphatic carbocycles. The maximum Gasteiger partial charge on any atom is 0.137 e. The molecule has 108 valence electrons. The number of ether oxygens (including phenoxy) is 1. The van der Waals surface area contributed by atoms with Gasteiger partial charge in [0.25, 0.3) is 0 Å². The van der Waals surface area contributed by atoms with E-state index in [9.17, 15) is 0 Å². The van der Waals surface area contributed by atoms with Crippen LogP contribution in [0, 0.1) is 0 Å². The predicted octanol–water partition coefficient (Wildman–Crippen LogP) is 4.79. The Kier molecular flexibility index (Phi) is 4.04. The molecule has 21 heavy (non-hydrogen) atoms. The highest BCUT2D eigenvalue weighted by atomic mass is 35.5. The van der Waals surface area contributed by atoms with Crippen molar-refractivity contribution in [2.24, 2.45) is 0 Å². The topological polar surface area (TPSA) is 26.5 Å². The molecule has 0 aliphatic heterocycles. The van der Waals surface area contributed by atoms with Crippen molar-refractivity contribution in [1.29, 1.82) is 0 Å². The highest BCUT2D eigenvalue weighted by molar-refractivity contribution is 6.30. The van der Waals surface area contributed by atoms with Crippen molar-refractivity contribution in [3.63, 3.8) is 0 Å². The van der Waals surface area contributed by atoms with Crippen LogP contribution in [0.2, 0.25) is 5.02 Å². The minimum atomic E-state index is 0.345. The standard InChI is InChI=1S/C16H14Cl2N2O/c1-2-21-14-6-4-3-5-12(14)16-13(9-17)20-10-11(18)7-8-15(20)19-16/h3-8,10H,2,9H2,1H3. The second-order valence-electron chi connectivity index (χ2n) is 4.55. The SMILES string of the molecule is CCOc1ccccc1-c1nc2ccc(Cl)cn2c1CCl. The summed E-state index contributed by atoms with van der Waals surface area (Å²) in [6.45, 7) is 2.56. The Morgan fingerprint density at radius 3 is 2.76 bits per heavy atom. The van der Waals surface area contributed by atoms with E-state index in [1.54, 1.807) is 0 Å². The zero-order valence-corrected chi connectivity index (χ0v) is 13.0. The maximum absolute atomic E-state index is 6.14. The Balaban J connectivity index is 2.25. The molecule has 0 unspecified atom stereocenters. The summed E-state index contributed by atoms with van der Waals surface area (Å²) in [6, 6.07) is 11.5. The Bertz CT molecular complexity index is 783. The fraction of sp³-hybridized carbons (Fsp3) is 0.188. The molecule has 0 N–H and O–H groups in total. The van der Waals surface area contributed by atoms with Gasteiger partial charge in [-0.25, -0.2) is 4.98 Å². The Labute approximate surface area is 133 Å². The van der Waals surface area contributed by atoms with E-state index in [4.69, 9.17) is 27.9 Å². The lowest BCUT2D eigenvalue weighted by atomic mass is 10.1. The van der Waals surface area contributed by atoms with Crippen molar-refractivity contribution in [3.8, 4) is 17.0 Å². The Morgan fingerprint density at radius 2 is 2.00 bits per heavy atom. The van der Waals surface area contributed by atoms with Gasteiger partial charge in [-0.2, -0.15) is 0 Å². The first-order valence-electron chi connectivity index (χ1n) is 6.69. The normalized spacial score (nSPS) is 11.0. The van der Waals surface area contributed by atoms with Gasteiger partial charge in [0.1, 0.15) is 11.4 Å². The molecular formula is C16H14Cl2N2O. The zero-order valence-electron chi connectivity index (χ0n) is 11.5. The maximum atomic E-state index is 6.14. The van der Waals surface area contributed by atoms with Gasteiger partial charge < -0.3 is 9.14 Å². The summed E-state index contributed by atoms with van der Waals surface area (Å²) in [5.74, 6) is 1.15. The molecule has 0 saturated carbocycles. The van der Waals surface area contributed by atoms with E-state index in [1.807, 2.05) is 53.9 Å². The lowest BCUT2D eigenvalue weighted by Crippen LogP contribution is -1.96. The van der Waals surface area contributed by atoms with E-state index < -0.39 is 0 Å². The Morgan fingerprint density at radius 1 is 1.19 bits per heavy atom. The first-order chi connectivity index (χ1) is 10.2. The first kappa shape index (κ1) is 14.2. The van der Waals surface area contributed by atoms with Crippen LogP contribution in [0.25, 0.3) is 16.9 Å². The molecule has 0 radical (unpaired) electrons. The molecule has 0 amide bonds. The molecule has 5 heteroatoms. The molecule has 0 spiro atoms. The summed E-state index contributed by atoms with van der Waals surface area (Å²) in [4.78, 5) is 4.68. The van der Waals surface area contributed by atoms with E-state index in [2.05, 4.69) is 4.98 Å². The number of hydrogen-bond acceptors (Lipinski definition) is 2. The number of halogens is 2. The monoisotopic (exact) mass is 320 g/mol. The van der Waals surface area contributed by atoms with Crippen LogP contribution in [-0.2, 0) is 5.88 Å². The molecule has 3 rings (SSSR count). The smallest absolute Gasteiger partial charge is 0.137 e. The quantitative estimate of drug-likeness (QED) is 0.646. The largest absolute Gasteiger partial charge is 0.493 e. The van der Waals surface area contributed by atoms with Crippen LogP contribution in [0.4, 0.5) is 0 Å². The van der Waals surface area contributed by atoms with E-state index in [0.29, 0.717) is 17.5 Å². The lowest BCUT2D eigenvalue weighted by molar-refractivity contribution is 0.341. The average Bonchev–Trinajstić information content (AvgIpc) is 2.85. The third kappa shape index (κ3) is 2.59. The van der Waals surface area contributed by atoms with E-state index in [1.165, 1.54) is 0 Å². The summed E-state index contributed by atoms with van der Waals surface area (Å²) >= 11 is 12.2. The highest BCUT2D eigenvalue weighted by Crippen LogP contribution is 2.33. The zero-order chi connectivity index (χ0) is 14.8. The summed E-state index contributed by atoms with van der Waals surface area (Å²) < 4.78 is 7.62. The lowest BCUT2D eigenvalue weighted by Gasteiger charge is -2.09. The molecule has 1 aromatic carbocycles. The van der Waals surface area contributed by atoms with Crippen molar-refractivity contribution in [1.82, 2.24) is 9.38 Å². The molecule has 2 aromatic heterocycles. The third-order valence-electron chi connectivity index (χ3n) is 3.25. The number of imidazole rings is 1. The van der Waals surface area contributed by atoms with Crippen LogP contribution in [0.1, 0.15) is 12.6 Å². The van der Waals surface area contributed by atoms with Gasteiger partial charge in [0, 0.05) is 11.8 Å². The molecule has 0 bridgehead atoms. The number of pyridine rings is 1. The molecule has 0 atom stereocenters. The minimum absolute atomic E-state index is 0.345. The van der Waals surface area contributed by atoms with Gasteiger partial charge >= 0.3 is 0 Å². The summed E-state index contributed by atoms with van der Waals surface area (Å²) in [6.07, 6.45) is 1.83. The van der Waals surface area contributed by atoms with Gasteiger partial charge in [-0.3, -0.25) is 0 Å². The van der Waals surface area contributed by atoms with Crippen LogP contribution < -0.4 is 4.74 Å². The summed E-state index contributed by atoms with van der Waals surface area (Å²) in [7, 11) is 0. The fourth-order valence-electron chi connectivity index (χ4n) is 2.35. The van der Waals surface area contributed by atoms with Gasteiger partial charge in [-0.05, 0) is 31.2 Å². The number of fused-ring (bicyclic) bond motifs is 1. The van der Waals surface area contributed by atoms with Crippen molar-refractivity contribution in [2.45, 2.75) is 12.8 Å². The number of para-hydroxylation sites is 1. The third-order valence-corrected chi connectivity index (χ3v) is 3.73. The molecule has 0 saturated heterocycles. The van der Waals surface area contributed by atoms with Gasteiger partial charge in [0.15, 0.2) is 0 Å². The second-order valence-corrected chi connectivity index (χ2v) is 5.25. The average molecular weight is 321 g/mol. The molecule has 2 heterocycles. The van der Waals surface area contributed by atoms with Gasteiger partial charge in [-0.15, -0.1) is 11.6 Å². The van der Waals surface area contributed by atoms with Gasteiger partial charge in [0.2, 0.25) is 0 Å². The number of aromatic nitrogens is 2. The van der Waals surface area contributed by atoms with E-state index in [0.717, 1.165) is 28.3 Å². The highest BCUT2D eigenvalue weighted by Gasteiger charge is 2.16.